The van der Waals surface area contributed by atoms with E-state index in [4.69, 9.17) is 4.74 Å². The molecule has 18 heavy (non-hydrogen) atoms. The fraction of sp³-hybridized carbons (Fsp3) is 0.600. The van der Waals surface area contributed by atoms with E-state index in [1.807, 2.05) is 12.1 Å². The highest BCUT2D eigenvalue weighted by Gasteiger charge is 2.11. The van der Waals surface area contributed by atoms with Gasteiger partial charge < -0.3 is 10.1 Å². The molecule has 0 amide bonds. The summed E-state index contributed by atoms with van der Waals surface area (Å²) >= 11 is 3.47. The van der Waals surface area contributed by atoms with Crippen molar-refractivity contribution in [2.45, 2.75) is 40.2 Å². The summed E-state index contributed by atoms with van der Waals surface area (Å²) in [5.41, 5.74) is 1.34. The number of nitrogens with one attached hydrogen (secondary N) is 1. The summed E-state index contributed by atoms with van der Waals surface area (Å²) in [4.78, 5) is 0. The largest absolute Gasteiger partial charge is 0.493 e. The molecule has 0 aliphatic carbocycles. The molecule has 0 aliphatic heterocycles. The maximum absolute atomic E-state index is 5.87. The van der Waals surface area contributed by atoms with Crippen LogP contribution in [0, 0.1) is 12.8 Å². The molecule has 3 heteroatoms. The number of ether oxygens (including phenoxy) is 1. The predicted octanol–water partition coefficient (Wildman–Crippen LogP) is 4.16. The van der Waals surface area contributed by atoms with Crippen molar-refractivity contribution in [3.05, 3.63) is 28.2 Å². The Morgan fingerprint density at radius 2 is 2.00 bits per heavy atom. The van der Waals surface area contributed by atoms with E-state index in [1.165, 1.54) is 5.56 Å². The van der Waals surface area contributed by atoms with Crippen LogP contribution in [0.2, 0.25) is 0 Å². The van der Waals surface area contributed by atoms with Gasteiger partial charge in [-0.15, -0.1) is 0 Å². The van der Waals surface area contributed by atoms with Gasteiger partial charge in [0.25, 0.3) is 0 Å². The molecule has 0 saturated heterocycles. The molecule has 102 valence electrons. The molecule has 0 fully saturated rings. The van der Waals surface area contributed by atoms with Crippen LogP contribution in [0.15, 0.2) is 22.7 Å². The zero-order chi connectivity index (χ0) is 13.8. The van der Waals surface area contributed by atoms with Crippen molar-refractivity contribution in [3.8, 4) is 5.75 Å². The third-order valence-corrected chi connectivity index (χ3v) is 3.15. The Bertz CT molecular complexity index is 385. The van der Waals surface area contributed by atoms with Gasteiger partial charge in [0.1, 0.15) is 5.75 Å². The lowest BCUT2D eigenvalue weighted by Gasteiger charge is -2.23. The molecule has 1 N–H and O–H groups in total. The molecular weight excluding hydrogens is 290 g/mol. The van der Waals surface area contributed by atoms with Gasteiger partial charge in [0.2, 0.25) is 0 Å². The maximum atomic E-state index is 5.87. The minimum Gasteiger partial charge on any atom is -0.493 e. The average molecular weight is 314 g/mol. The van der Waals surface area contributed by atoms with Gasteiger partial charge in [-0.05, 0) is 45.4 Å². The Morgan fingerprint density at radius 3 is 2.61 bits per heavy atom. The van der Waals surface area contributed by atoms with Gasteiger partial charge in [0.15, 0.2) is 0 Å². The zero-order valence-electron chi connectivity index (χ0n) is 12.0. The van der Waals surface area contributed by atoms with Crippen molar-refractivity contribution >= 4 is 15.9 Å². The van der Waals surface area contributed by atoms with Crippen molar-refractivity contribution in [3.63, 3.8) is 0 Å². The molecule has 0 aromatic heterocycles. The molecule has 0 heterocycles. The first-order chi connectivity index (χ1) is 8.28. The molecule has 1 unspecified atom stereocenters. The number of hydrogen-bond donors (Lipinski definition) is 1. The quantitative estimate of drug-likeness (QED) is 0.881. The van der Waals surface area contributed by atoms with Crippen LogP contribution >= 0.6 is 15.9 Å². The Morgan fingerprint density at radius 1 is 1.33 bits per heavy atom. The minimum atomic E-state index is 0.167. The number of benzene rings is 1. The van der Waals surface area contributed by atoms with Gasteiger partial charge in [-0.25, -0.2) is 0 Å². The van der Waals surface area contributed by atoms with Crippen LogP contribution in [0.5, 0.6) is 5.75 Å². The molecule has 0 aliphatic rings. The first-order valence-corrected chi connectivity index (χ1v) is 7.21. The molecule has 0 saturated carbocycles. The minimum absolute atomic E-state index is 0.167. The molecule has 1 aromatic carbocycles. The van der Waals surface area contributed by atoms with Crippen LogP contribution in [0.4, 0.5) is 0 Å². The lowest BCUT2D eigenvalue weighted by Crippen LogP contribution is -2.39. The molecule has 1 atom stereocenters. The number of rotatable bonds is 5. The fourth-order valence-corrected chi connectivity index (χ4v) is 1.84. The topological polar surface area (TPSA) is 21.3 Å². The lowest BCUT2D eigenvalue weighted by molar-refractivity contribution is 0.243. The highest BCUT2D eigenvalue weighted by Crippen LogP contribution is 2.23. The Kier molecular flexibility index (Phi) is 5.67. The van der Waals surface area contributed by atoms with E-state index in [1.54, 1.807) is 0 Å². The van der Waals surface area contributed by atoms with Crippen molar-refractivity contribution in [1.29, 1.82) is 0 Å². The van der Waals surface area contributed by atoms with E-state index in [-0.39, 0.29) is 5.54 Å². The van der Waals surface area contributed by atoms with E-state index < -0.39 is 0 Å². The summed E-state index contributed by atoms with van der Waals surface area (Å²) < 4.78 is 6.93. The third kappa shape index (κ3) is 5.87. The molecule has 1 aromatic rings. The van der Waals surface area contributed by atoms with Gasteiger partial charge in [0.05, 0.1) is 6.61 Å². The first-order valence-electron chi connectivity index (χ1n) is 6.42. The van der Waals surface area contributed by atoms with E-state index in [9.17, 15) is 0 Å². The summed E-state index contributed by atoms with van der Waals surface area (Å²) in [6.45, 7) is 12.5. The van der Waals surface area contributed by atoms with Crippen molar-refractivity contribution in [2.24, 2.45) is 5.92 Å². The van der Waals surface area contributed by atoms with Gasteiger partial charge in [-0.3, -0.25) is 0 Å². The highest BCUT2D eigenvalue weighted by atomic mass is 79.9. The molecular formula is C15H24BrNO. The normalized spacial score (nSPS) is 13.4. The van der Waals surface area contributed by atoms with Gasteiger partial charge in [0, 0.05) is 22.5 Å². The summed E-state index contributed by atoms with van der Waals surface area (Å²) in [6.07, 6.45) is 0. The molecule has 0 bridgehead atoms. The number of aryl methyl sites for hydroxylation is 1. The van der Waals surface area contributed by atoms with Crippen molar-refractivity contribution in [1.82, 2.24) is 5.32 Å². The maximum Gasteiger partial charge on any atom is 0.123 e. The van der Waals surface area contributed by atoms with E-state index >= 15 is 0 Å². The smallest absolute Gasteiger partial charge is 0.123 e. The fourth-order valence-electron chi connectivity index (χ4n) is 1.50. The summed E-state index contributed by atoms with van der Waals surface area (Å²) in [5, 5.41) is 3.49. The molecule has 0 spiro atoms. The van der Waals surface area contributed by atoms with Crippen molar-refractivity contribution in [2.75, 3.05) is 13.2 Å². The molecule has 0 radical (unpaired) electrons. The van der Waals surface area contributed by atoms with Crippen molar-refractivity contribution < 1.29 is 4.74 Å². The van der Waals surface area contributed by atoms with Gasteiger partial charge in [-0.2, -0.15) is 0 Å². The second-order valence-corrected chi connectivity index (χ2v) is 6.87. The monoisotopic (exact) mass is 313 g/mol. The van der Waals surface area contributed by atoms with Crippen LogP contribution < -0.4 is 10.1 Å². The average Bonchev–Trinajstić information content (AvgIpc) is 2.26. The van der Waals surface area contributed by atoms with Crippen LogP contribution in [-0.2, 0) is 0 Å². The van der Waals surface area contributed by atoms with Crippen LogP contribution in [0.3, 0.4) is 0 Å². The van der Waals surface area contributed by atoms with E-state index in [0.717, 1.165) is 23.4 Å². The summed E-state index contributed by atoms with van der Waals surface area (Å²) in [7, 11) is 0. The zero-order valence-corrected chi connectivity index (χ0v) is 13.6. The summed E-state index contributed by atoms with van der Waals surface area (Å²) in [5.74, 6) is 1.45. The predicted molar refractivity (Wildman–Crippen MR) is 81.3 cm³/mol. The second kappa shape index (κ2) is 6.58. The second-order valence-electron chi connectivity index (χ2n) is 5.96. The third-order valence-electron chi connectivity index (χ3n) is 2.65. The first kappa shape index (κ1) is 15.5. The van der Waals surface area contributed by atoms with Gasteiger partial charge >= 0.3 is 0 Å². The van der Waals surface area contributed by atoms with Crippen LogP contribution in [0.1, 0.15) is 33.3 Å². The number of hydrogen-bond acceptors (Lipinski definition) is 2. The Labute approximate surface area is 119 Å². The standard InChI is InChI=1S/C15H24BrNO/c1-11(9-17-15(3,4)5)10-18-14-8-13(16)7-6-12(14)2/h6-8,11,17H,9-10H2,1-5H3. The SMILES string of the molecule is Cc1ccc(Br)cc1OCC(C)CNC(C)(C)C. The van der Waals surface area contributed by atoms with Crippen LogP contribution in [0.25, 0.3) is 0 Å². The highest BCUT2D eigenvalue weighted by molar-refractivity contribution is 9.10. The van der Waals surface area contributed by atoms with E-state index in [0.29, 0.717) is 5.92 Å². The summed E-state index contributed by atoms with van der Waals surface area (Å²) in [6, 6.07) is 6.13. The van der Waals surface area contributed by atoms with Gasteiger partial charge in [-0.1, -0.05) is 28.9 Å². The molecule has 1 rings (SSSR count). The number of halogens is 1. The Hall–Kier alpha value is -0.540. The Balaban J connectivity index is 2.42. The molecule has 2 nitrogen and oxygen atoms in total. The lowest BCUT2D eigenvalue weighted by atomic mass is 10.1. The van der Waals surface area contributed by atoms with E-state index in [2.05, 4.69) is 61.9 Å². The van der Waals surface area contributed by atoms with Crippen LogP contribution in [-0.4, -0.2) is 18.7 Å².